The highest BCUT2D eigenvalue weighted by Crippen LogP contribution is 2.21. The number of rotatable bonds is 4. The topological polar surface area (TPSA) is 135 Å². The second-order valence-electron chi connectivity index (χ2n) is 7.34. The highest BCUT2D eigenvalue weighted by atomic mass is 35.5. The van der Waals surface area contributed by atoms with E-state index < -0.39 is 16.9 Å². The zero-order chi connectivity index (χ0) is 22.6. The molecule has 0 radical (unpaired) electrons. The molecule has 5 aromatic rings. The molecular weight excluding hydrogens is 436 g/mol. The van der Waals surface area contributed by atoms with Gasteiger partial charge in [0.05, 0.1) is 6.54 Å². The van der Waals surface area contributed by atoms with E-state index in [2.05, 4.69) is 25.3 Å². The zero-order valence-electron chi connectivity index (χ0n) is 17.0. The molecule has 3 N–H and O–H groups in total. The van der Waals surface area contributed by atoms with Crippen LogP contribution in [0.15, 0.2) is 50.9 Å². The maximum atomic E-state index is 13.3. The van der Waals surface area contributed by atoms with Gasteiger partial charge in [-0.15, -0.1) is 0 Å². The van der Waals surface area contributed by atoms with Crippen LogP contribution < -0.4 is 22.3 Å². The molecule has 0 unspecified atom stereocenters. The summed E-state index contributed by atoms with van der Waals surface area (Å²) in [6.45, 7) is 0.0549. The highest BCUT2D eigenvalue weighted by molar-refractivity contribution is 6.31. The summed E-state index contributed by atoms with van der Waals surface area (Å²) in [6.07, 6.45) is 1.35. The molecule has 162 valence electrons. The maximum Gasteiger partial charge on any atom is 0.346 e. The van der Waals surface area contributed by atoms with Crippen LogP contribution in [0.25, 0.3) is 22.1 Å². The molecule has 0 atom stereocenters. The molecule has 0 spiro atoms. The predicted octanol–water partition coefficient (Wildman–Crippen LogP) is 1.44. The van der Waals surface area contributed by atoms with E-state index in [0.29, 0.717) is 16.5 Å². The van der Waals surface area contributed by atoms with Crippen LogP contribution in [0.1, 0.15) is 5.69 Å². The third kappa shape index (κ3) is 3.19. The van der Waals surface area contributed by atoms with Crippen LogP contribution in [-0.4, -0.2) is 33.6 Å². The lowest BCUT2D eigenvalue weighted by Gasteiger charge is -2.08. The summed E-state index contributed by atoms with van der Waals surface area (Å²) in [4.78, 5) is 51.4. The average molecular weight is 453 g/mol. The highest BCUT2D eigenvalue weighted by Gasteiger charge is 2.19. The van der Waals surface area contributed by atoms with Gasteiger partial charge < -0.3 is 14.9 Å². The minimum Gasteiger partial charge on any atom is -0.357 e. The van der Waals surface area contributed by atoms with Gasteiger partial charge in [0.25, 0.3) is 5.56 Å². The number of imidazole rings is 1. The van der Waals surface area contributed by atoms with Crippen molar-refractivity contribution in [2.45, 2.75) is 6.54 Å². The quantitative estimate of drug-likeness (QED) is 0.377. The zero-order valence-corrected chi connectivity index (χ0v) is 17.8. The van der Waals surface area contributed by atoms with Gasteiger partial charge in [-0.2, -0.15) is 4.98 Å². The summed E-state index contributed by atoms with van der Waals surface area (Å²) in [5.74, 6) is 0.637. The number of halogens is 1. The van der Waals surface area contributed by atoms with E-state index in [1.807, 2.05) is 18.2 Å². The number of nitrogens with zero attached hydrogens (tertiary/aromatic N) is 5. The van der Waals surface area contributed by atoms with Crippen molar-refractivity contribution in [3.05, 3.63) is 78.6 Å². The SMILES string of the molecule is Cn1c(Nc2ccnc(=O)[nH]2)nc2c1c(=O)n(Cc1cc3cc(Cl)ccc3[nH]1)c(=O)n2C. The third-order valence-electron chi connectivity index (χ3n) is 5.25. The van der Waals surface area contributed by atoms with Crippen LogP contribution in [0.4, 0.5) is 11.8 Å². The van der Waals surface area contributed by atoms with Gasteiger partial charge in [0, 0.05) is 41.9 Å². The molecule has 0 aliphatic rings. The second kappa shape index (κ2) is 7.24. The Balaban J connectivity index is 1.62. The summed E-state index contributed by atoms with van der Waals surface area (Å²) in [7, 11) is 3.20. The lowest BCUT2D eigenvalue weighted by Crippen LogP contribution is -2.39. The third-order valence-corrected chi connectivity index (χ3v) is 5.48. The van der Waals surface area contributed by atoms with E-state index in [-0.39, 0.29) is 23.7 Å². The van der Waals surface area contributed by atoms with Gasteiger partial charge in [-0.05, 0) is 30.3 Å². The molecule has 0 saturated carbocycles. The number of H-pyrrole nitrogens is 2. The first kappa shape index (κ1) is 19.8. The Morgan fingerprint density at radius 3 is 2.66 bits per heavy atom. The summed E-state index contributed by atoms with van der Waals surface area (Å²) >= 11 is 6.05. The number of hydrogen-bond donors (Lipinski definition) is 3. The number of fused-ring (bicyclic) bond motifs is 2. The maximum absolute atomic E-state index is 13.3. The normalized spacial score (nSPS) is 11.5. The van der Waals surface area contributed by atoms with Crippen LogP contribution in [-0.2, 0) is 20.6 Å². The Bertz CT molecular complexity index is 1690. The summed E-state index contributed by atoms with van der Waals surface area (Å²) in [5, 5.41) is 4.43. The smallest absolute Gasteiger partial charge is 0.346 e. The van der Waals surface area contributed by atoms with Crippen LogP contribution in [0, 0.1) is 0 Å². The van der Waals surface area contributed by atoms with Gasteiger partial charge in [0.2, 0.25) is 5.95 Å². The number of anilines is 2. The Morgan fingerprint density at radius 2 is 1.88 bits per heavy atom. The first-order chi connectivity index (χ1) is 15.3. The van der Waals surface area contributed by atoms with Crippen molar-refractivity contribution >= 4 is 45.4 Å². The van der Waals surface area contributed by atoms with Crippen molar-refractivity contribution in [2.75, 3.05) is 5.32 Å². The number of hydrogen-bond acceptors (Lipinski definition) is 6. The van der Waals surface area contributed by atoms with Crippen molar-refractivity contribution in [1.29, 1.82) is 0 Å². The van der Waals surface area contributed by atoms with Crippen LogP contribution in [0.3, 0.4) is 0 Å². The molecule has 4 aromatic heterocycles. The number of aryl methyl sites for hydroxylation is 2. The lowest BCUT2D eigenvalue weighted by molar-refractivity contribution is 0.648. The fourth-order valence-corrected chi connectivity index (χ4v) is 3.86. The molecule has 11 nitrogen and oxygen atoms in total. The van der Waals surface area contributed by atoms with Gasteiger partial charge >= 0.3 is 11.4 Å². The molecule has 0 aliphatic heterocycles. The first-order valence-electron chi connectivity index (χ1n) is 9.57. The molecule has 0 fully saturated rings. The van der Waals surface area contributed by atoms with Gasteiger partial charge in [0.15, 0.2) is 11.2 Å². The van der Waals surface area contributed by atoms with Crippen molar-refractivity contribution in [1.82, 2.24) is 33.6 Å². The summed E-state index contributed by atoms with van der Waals surface area (Å²) in [6, 6.07) is 8.83. The van der Waals surface area contributed by atoms with Gasteiger partial charge in [-0.3, -0.25) is 18.9 Å². The molecule has 0 saturated heterocycles. The Labute approximate surface area is 183 Å². The molecule has 0 amide bonds. The fourth-order valence-electron chi connectivity index (χ4n) is 3.68. The second-order valence-corrected chi connectivity index (χ2v) is 7.78. The predicted molar refractivity (Wildman–Crippen MR) is 121 cm³/mol. The Hall–Kier alpha value is -4.12. The van der Waals surface area contributed by atoms with E-state index in [4.69, 9.17) is 11.6 Å². The summed E-state index contributed by atoms with van der Waals surface area (Å²) in [5.41, 5.74) is 0.506. The number of aromatic amines is 2. The lowest BCUT2D eigenvalue weighted by atomic mass is 10.2. The largest absolute Gasteiger partial charge is 0.357 e. The molecule has 32 heavy (non-hydrogen) atoms. The van der Waals surface area contributed by atoms with Gasteiger partial charge in [-0.25, -0.2) is 14.6 Å². The molecule has 0 bridgehead atoms. The van der Waals surface area contributed by atoms with E-state index in [1.54, 1.807) is 26.2 Å². The number of benzene rings is 1. The molecule has 4 heterocycles. The molecule has 5 rings (SSSR count). The fraction of sp³-hybridized carbons (Fsp3) is 0.150. The molecule has 0 aliphatic carbocycles. The van der Waals surface area contributed by atoms with E-state index in [1.165, 1.54) is 15.3 Å². The Morgan fingerprint density at radius 1 is 1.06 bits per heavy atom. The standard InChI is InChI=1S/C20H17ClN8O3/c1-27-15-16(26-18(27)24-14-5-6-22-19(31)25-14)28(2)20(32)29(17(15)30)9-12-8-10-7-11(21)3-4-13(10)23-12/h3-8,23H,9H2,1-2H3,(H2,22,24,25,26,31). The minimum absolute atomic E-state index is 0.0549. The molecular formula is C20H17ClN8O3. The van der Waals surface area contributed by atoms with Crippen LogP contribution in [0.5, 0.6) is 0 Å². The number of aromatic nitrogens is 7. The van der Waals surface area contributed by atoms with Crippen LogP contribution in [0.2, 0.25) is 5.02 Å². The van der Waals surface area contributed by atoms with Crippen molar-refractivity contribution in [2.24, 2.45) is 14.1 Å². The van der Waals surface area contributed by atoms with Gasteiger partial charge in [0.1, 0.15) is 5.82 Å². The van der Waals surface area contributed by atoms with Crippen molar-refractivity contribution in [3.8, 4) is 0 Å². The van der Waals surface area contributed by atoms with Crippen molar-refractivity contribution < 1.29 is 0 Å². The van der Waals surface area contributed by atoms with E-state index in [9.17, 15) is 14.4 Å². The number of nitrogens with one attached hydrogen (secondary N) is 3. The summed E-state index contributed by atoms with van der Waals surface area (Å²) < 4.78 is 4.00. The van der Waals surface area contributed by atoms with E-state index in [0.717, 1.165) is 15.5 Å². The molecule has 1 aromatic carbocycles. The Kier molecular flexibility index (Phi) is 4.48. The van der Waals surface area contributed by atoms with Crippen molar-refractivity contribution in [3.63, 3.8) is 0 Å². The van der Waals surface area contributed by atoms with Crippen LogP contribution >= 0.6 is 11.6 Å². The first-order valence-corrected chi connectivity index (χ1v) is 9.95. The minimum atomic E-state index is -0.525. The average Bonchev–Trinajstić information content (AvgIpc) is 3.30. The van der Waals surface area contributed by atoms with E-state index >= 15 is 0 Å². The van der Waals surface area contributed by atoms with Gasteiger partial charge in [-0.1, -0.05) is 11.6 Å². The monoisotopic (exact) mass is 452 g/mol. The molecule has 12 heteroatoms.